The second-order valence-electron chi connectivity index (χ2n) is 0.707. The molecule has 0 spiro atoms. The van der Waals surface area contributed by atoms with E-state index in [1.54, 1.807) is 0 Å². The van der Waals surface area contributed by atoms with Crippen LogP contribution in [-0.2, 0) is 0 Å². The van der Waals surface area contributed by atoms with Crippen molar-refractivity contribution in [3.05, 3.63) is 0 Å². The number of hydrogen-bond acceptors (Lipinski definition) is 0. The summed E-state index contributed by atoms with van der Waals surface area (Å²) >= 11 is 0.556. The average molecular weight is 108 g/mol. The Morgan fingerprint density at radius 2 is 1.75 bits per heavy atom. The molecule has 4 heteroatoms. The standard InChI is InChI=1S/BH2.K.Mg.H3Si.H/h1H2;;;1H3;/q+1;;-1;;. The predicted octanol–water partition coefficient (Wildman–Crippen LogP) is -3.13. The molecule has 0 aliphatic rings. The molecule has 16 valence electrons. The quantitative estimate of drug-likeness (QED) is 0.288. The maximum absolute atomic E-state index is 2.33. The van der Waals surface area contributed by atoms with Crippen LogP contribution in [0.15, 0.2) is 0 Å². The summed E-state index contributed by atoms with van der Waals surface area (Å²) in [6.07, 6.45) is 0. The van der Waals surface area contributed by atoms with Crippen LogP contribution < -0.4 is 0 Å². The van der Waals surface area contributed by atoms with Gasteiger partial charge in [-0.05, 0) is 5.83 Å². The van der Waals surface area contributed by atoms with E-state index in [0.29, 0.717) is 19.4 Å². The second-order valence-corrected chi connectivity index (χ2v) is 6.36. The molecule has 0 aromatic rings. The second kappa shape index (κ2) is 9.19. The third-order valence-corrected chi connectivity index (χ3v) is 0. The SMILES string of the molecule is [BH2][Mg][SiH3].[KH]. The number of rotatable bonds is 0. The summed E-state index contributed by atoms with van der Waals surface area (Å²) in [6.45, 7) is 0. The first kappa shape index (κ1) is 9.84. The Kier molecular flexibility index (Phi) is 22.6. The molecule has 0 saturated heterocycles. The molecule has 0 heterocycles. The van der Waals surface area contributed by atoms with Gasteiger partial charge in [-0.1, -0.05) is 0 Å². The maximum atomic E-state index is 2.33. The van der Waals surface area contributed by atoms with Crippen LogP contribution in [0.1, 0.15) is 0 Å². The Hall–Kier alpha value is 2.68. The molecular weight excluding hydrogens is 102 g/mol. The van der Waals surface area contributed by atoms with Gasteiger partial charge in [-0.15, -0.1) is 7.89 Å². The van der Waals surface area contributed by atoms with Crippen molar-refractivity contribution in [3.63, 3.8) is 0 Å². The van der Waals surface area contributed by atoms with Gasteiger partial charge in [0.25, 0.3) is 0 Å². The van der Waals surface area contributed by atoms with Crippen LogP contribution in [0.4, 0.5) is 0 Å². The van der Waals surface area contributed by atoms with Gasteiger partial charge < -0.3 is 0 Å². The molecule has 0 radical (unpaired) electrons. The van der Waals surface area contributed by atoms with Gasteiger partial charge in [-0.3, -0.25) is 0 Å². The molecule has 0 amide bonds. The van der Waals surface area contributed by atoms with Crippen LogP contribution in [0, 0.1) is 0 Å². The fraction of sp³-hybridized carbons (Fsp3) is 0. The molecular formula is H6BKMgSi. The molecule has 0 nitrogen and oxygen atoms in total. The first-order valence-corrected chi connectivity index (χ1v) is 8.49. The zero-order valence-electron chi connectivity index (χ0n) is 2.71. The predicted molar refractivity (Wildman–Crippen MR) is 31.4 cm³/mol. The van der Waals surface area contributed by atoms with Gasteiger partial charge >= 0.3 is 70.8 Å². The van der Waals surface area contributed by atoms with Gasteiger partial charge in [0.15, 0.2) is 0 Å². The minimum absolute atomic E-state index is 0. The van der Waals surface area contributed by atoms with Crippen LogP contribution in [0.5, 0.6) is 0 Å². The zero-order valence-corrected chi connectivity index (χ0v) is 6.12. The van der Waals surface area contributed by atoms with Crippen molar-refractivity contribution in [2.45, 2.75) is 0 Å². The third kappa shape index (κ3) is 8.82. The van der Waals surface area contributed by atoms with Gasteiger partial charge in [0, 0.05) is 0 Å². The molecule has 0 unspecified atom stereocenters. The number of hydrogen-bond donors (Lipinski definition) is 0. The Labute approximate surface area is 82.3 Å². The molecule has 0 fully saturated rings. The first-order chi connectivity index (χ1) is 1.41. The van der Waals surface area contributed by atoms with E-state index in [1.165, 1.54) is 7.89 Å². The fourth-order valence-corrected chi connectivity index (χ4v) is 0. The van der Waals surface area contributed by atoms with Crippen LogP contribution >= 0.6 is 0 Å². The molecule has 0 rings (SSSR count). The van der Waals surface area contributed by atoms with Crippen molar-refractivity contribution in [1.82, 2.24) is 0 Å². The van der Waals surface area contributed by atoms with Gasteiger partial charge in [0.05, 0.1) is 0 Å². The van der Waals surface area contributed by atoms with Crippen LogP contribution in [0.25, 0.3) is 0 Å². The monoisotopic (exact) mass is 108 g/mol. The Bertz CT molecular complexity index is 8.00. The van der Waals surface area contributed by atoms with Gasteiger partial charge in [-0.25, -0.2) is 0 Å². The van der Waals surface area contributed by atoms with E-state index in [9.17, 15) is 0 Å². The molecule has 0 aliphatic heterocycles. The average Bonchev–Trinajstić information content (AvgIpc) is 0.918. The molecule has 0 aliphatic carbocycles. The molecule has 0 aromatic carbocycles. The third-order valence-electron chi connectivity index (χ3n) is 0. The summed E-state index contributed by atoms with van der Waals surface area (Å²) < 4.78 is 0. The summed E-state index contributed by atoms with van der Waals surface area (Å²) in [6, 6.07) is 0. The molecule has 0 aromatic heterocycles. The van der Waals surface area contributed by atoms with Crippen molar-refractivity contribution in [3.8, 4) is 0 Å². The fourth-order valence-electron chi connectivity index (χ4n) is 0. The van der Waals surface area contributed by atoms with E-state index in [4.69, 9.17) is 0 Å². The topological polar surface area (TPSA) is 0 Å². The van der Waals surface area contributed by atoms with E-state index in [-0.39, 0.29) is 51.4 Å². The molecule has 0 N–H and O–H groups in total. The summed E-state index contributed by atoms with van der Waals surface area (Å²) in [5, 5.41) is 0. The van der Waals surface area contributed by atoms with Crippen LogP contribution in [0.3, 0.4) is 0 Å². The Morgan fingerprint density at radius 1 is 1.75 bits per heavy atom. The van der Waals surface area contributed by atoms with E-state index >= 15 is 0 Å². The van der Waals surface area contributed by atoms with Crippen molar-refractivity contribution in [2.75, 3.05) is 0 Å². The first-order valence-electron chi connectivity index (χ1n) is 1.41. The summed E-state index contributed by atoms with van der Waals surface area (Å²) in [4.78, 5) is 0. The van der Waals surface area contributed by atoms with Crippen LogP contribution in [0.2, 0.25) is 0 Å². The zero-order chi connectivity index (χ0) is 2.71. The van der Waals surface area contributed by atoms with E-state index in [2.05, 4.69) is 5.83 Å². The molecule has 4 heavy (non-hydrogen) atoms. The summed E-state index contributed by atoms with van der Waals surface area (Å²) in [5.74, 6) is 2.33. The van der Waals surface area contributed by atoms with Crippen LogP contribution in [-0.4, -0.2) is 84.5 Å². The molecule has 0 bridgehead atoms. The Balaban J connectivity index is 0. The summed E-state index contributed by atoms with van der Waals surface area (Å²) in [7, 11) is 1.51. The van der Waals surface area contributed by atoms with Crippen molar-refractivity contribution in [2.24, 2.45) is 0 Å². The Morgan fingerprint density at radius 3 is 1.75 bits per heavy atom. The van der Waals surface area contributed by atoms with Crippen molar-refractivity contribution >= 4 is 84.5 Å². The molecule has 0 saturated carbocycles. The van der Waals surface area contributed by atoms with Gasteiger partial charge in [0.1, 0.15) is 0 Å². The van der Waals surface area contributed by atoms with E-state index in [0.717, 1.165) is 0 Å². The summed E-state index contributed by atoms with van der Waals surface area (Å²) in [5.41, 5.74) is 0. The van der Waals surface area contributed by atoms with E-state index < -0.39 is 0 Å². The van der Waals surface area contributed by atoms with E-state index in [1.807, 2.05) is 0 Å². The molecule has 0 atom stereocenters. The van der Waals surface area contributed by atoms with Gasteiger partial charge in [0.2, 0.25) is 0 Å². The van der Waals surface area contributed by atoms with Crippen molar-refractivity contribution < 1.29 is 0 Å². The van der Waals surface area contributed by atoms with Crippen molar-refractivity contribution in [1.29, 1.82) is 0 Å². The van der Waals surface area contributed by atoms with Gasteiger partial charge in [-0.2, -0.15) is 0 Å². The minimum atomic E-state index is 0. The normalized spacial score (nSPS) is 3.00.